The Balaban J connectivity index is 1.71. The average Bonchev–Trinajstić information content (AvgIpc) is 2.73. The highest BCUT2D eigenvalue weighted by atomic mass is 35.5. The Labute approximate surface area is 183 Å². The van der Waals surface area contributed by atoms with Crippen molar-refractivity contribution in [1.82, 2.24) is 0 Å². The number of piperidine rings is 1. The van der Waals surface area contributed by atoms with E-state index in [1.165, 1.54) is 30.3 Å². The van der Waals surface area contributed by atoms with E-state index < -0.39 is 23.3 Å². The molecule has 0 radical (unpaired) electrons. The summed E-state index contributed by atoms with van der Waals surface area (Å²) in [6, 6.07) is 8.57. The van der Waals surface area contributed by atoms with Crippen molar-refractivity contribution in [3.63, 3.8) is 0 Å². The molecule has 0 amide bonds. The number of nitrogens with zero attached hydrogens (tertiary/aromatic N) is 2. The van der Waals surface area contributed by atoms with E-state index in [-0.39, 0.29) is 21.8 Å². The molecular weight excluding hydrogens is 431 g/mol. The van der Waals surface area contributed by atoms with Crippen molar-refractivity contribution in [1.29, 1.82) is 0 Å². The van der Waals surface area contributed by atoms with E-state index in [1.807, 2.05) is 4.90 Å². The van der Waals surface area contributed by atoms with Gasteiger partial charge in [0.2, 0.25) is 0 Å². The molecule has 0 aliphatic carbocycles. The number of halogens is 2. The molecule has 3 rings (SSSR count). The molecule has 9 heteroatoms. The van der Waals surface area contributed by atoms with Crippen molar-refractivity contribution in [2.24, 2.45) is 5.92 Å². The quantitative estimate of drug-likeness (QED) is 0.260. The van der Waals surface area contributed by atoms with Crippen LogP contribution in [0.25, 0.3) is 0 Å². The number of nitro groups is 1. The maximum Gasteiger partial charge on any atom is 0.338 e. The number of carbonyl (C=O) groups is 2. The van der Waals surface area contributed by atoms with Crippen LogP contribution in [0.5, 0.6) is 0 Å². The number of rotatable bonds is 6. The second-order valence-electron chi connectivity index (χ2n) is 7.26. The molecular formula is C21H20Cl2N2O5. The third-order valence-corrected chi connectivity index (χ3v) is 5.85. The van der Waals surface area contributed by atoms with Gasteiger partial charge in [0, 0.05) is 24.7 Å². The monoisotopic (exact) mass is 450 g/mol. The summed E-state index contributed by atoms with van der Waals surface area (Å²) in [5.74, 6) is -0.691. The van der Waals surface area contributed by atoms with Gasteiger partial charge in [-0.15, -0.1) is 0 Å². The maximum absolute atomic E-state index is 12.3. The lowest BCUT2D eigenvalue weighted by Gasteiger charge is -2.31. The molecule has 1 heterocycles. The molecule has 158 valence electrons. The summed E-state index contributed by atoms with van der Waals surface area (Å²) < 4.78 is 5.05. The van der Waals surface area contributed by atoms with Crippen LogP contribution in [0.1, 0.15) is 40.5 Å². The molecule has 1 aliphatic heterocycles. The number of esters is 1. The lowest BCUT2D eigenvalue weighted by Crippen LogP contribution is -2.33. The molecule has 2 aromatic carbocycles. The Hall–Kier alpha value is -2.64. The molecule has 0 N–H and O–H groups in total. The number of ketones is 1. The number of nitro benzene ring substituents is 1. The van der Waals surface area contributed by atoms with Crippen molar-refractivity contribution < 1.29 is 19.2 Å². The first-order chi connectivity index (χ1) is 14.3. The minimum absolute atomic E-state index is 0.0118. The van der Waals surface area contributed by atoms with Crippen LogP contribution in [0.2, 0.25) is 10.0 Å². The van der Waals surface area contributed by atoms with Gasteiger partial charge in [0.1, 0.15) is 5.69 Å². The van der Waals surface area contributed by atoms with E-state index in [4.69, 9.17) is 27.9 Å². The summed E-state index contributed by atoms with van der Waals surface area (Å²) in [5.41, 5.74) is 0.584. The van der Waals surface area contributed by atoms with Crippen molar-refractivity contribution in [2.45, 2.75) is 19.8 Å². The second kappa shape index (κ2) is 9.45. The first-order valence-electron chi connectivity index (χ1n) is 9.45. The van der Waals surface area contributed by atoms with E-state index in [0.29, 0.717) is 16.6 Å². The Morgan fingerprint density at radius 3 is 2.40 bits per heavy atom. The molecule has 0 spiro atoms. The minimum atomic E-state index is -0.815. The van der Waals surface area contributed by atoms with Crippen LogP contribution in [0.3, 0.4) is 0 Å². The highest BCUT2D eigenvalue weighted by molar-refractivity contribution is 6.42. The van der Waals surface area contributed by atoms with E-state index >= 15 is 0 Å². The highest BCUT2D eigenvalue weighted by Crippen LogP contribution is 2.32. The largest absolute Gasteiger partial charge is 0.454 e. The van der Waals surface area contributed by atoms with E-state index in [0.717, 1.165) is 25.9 Å². The van der Waals surface area contributed by atoms with Crippen LogP contribution >= 0.6 is 23.2 Å². The molecule has 2 aromatic rings. The van der Waals surface area contributed by atoms with E-state index in [1.54, 1.807) is 6.07 Å². The molecule has 0 bridgehead atoms. The van der Waals surface area contributed by atoms with Crippen LogP contribution in [0, 0.1) is 16.0 Å². The number of hydrogen-bond acceptors (Lipinski definition) is 6. The van der Waals surface area contributed by atoms with Gasteiger partial charge in [0.15, 0.2) is 12.4 Å². The molecule has 1 fully saturated rings. The molecule has 0 aromatic heterocycles. The summed E-state index contributed by atoms with van der Waals surface area (Å²) in [6.45, 7) is 3.09. The van der Waals surface area contributed by atoms with Crippen LogP contribution in [0.15, 0.2) is 36.4 Å². The lowest BCUT2D eigenvalue weighted by molar-refractivity contribution is -0.384. The van der Waals surface area contributed by atoms with E-state index in [9.17, 15) is 19.7 Å². The number of anilines is 1. The topological polar surface area (TPSA) is 89.8 Å². The number of ether oxygens (including phenoxy) is 1. The van der Waals surface area contributed by atoms with Gasteiger partial charge in [-0.1, -0.05) is 30.1 Å². The molecule has 0 unspecified atom stereocenters. The fourth-order valence-corrected chi connectivity index (χ4v) is 3.58. The molecule has 7 nitrogen and oxygen atoms in total. The molecule has 1 aliphatic rings. The minimum Gasteiger partial charge on any atom is -0.454 e. The SMILES string of the molecule is CC1CCN(c2ccc(C(=O)OCC(=O)c3ccc(Cl)c(Cl)c3)cc2[N+](=O)[O-])CC1. The van der Waals surface area contributed by atoms with Gasteiger partial charge < -0.3 is 9.64 Å². The van der Waals surface area contributed by atoms with Gasteiger partial charge in [0.05, 0.1) is 20.5 Å². The lowest BCUT2D eigenvalue weighted by atomic mass is 9.98. The van der Waals surface area contributed by atoms with Crippen molar-refractivity contribution in [2.75, 3.05) is 24.6 Å². The average molecular weight is 451 g/mol. The summed E-state index contributed by atoms with van der Waals surface area (Å²) >= 11 is 11.7. The standard InChI is InChI=1S/C21H20Cl2N2O5/c1-13-6-8-24(9-7-13)18-5-3-15(11-19(18)25(28)29)21(27)30-12-20(26)14-2-4-16(22)17(23)10-14/h2-5,10-11,13H,6-9,12H2,1H3. The molecule has 1 saturated heterocycles. The van der Waals surface area contributed by atoms with E-state index in [2.05, 4.69) is 6.92 Å². The predicted molar refractivity (Wildman–Crippen MR) is 115 cm³/mol. The number of benzene rings is 2. The van der Waals surface area contributed by atoms with Crippen LogP contribution < -0.4 is 4.90 Å². The maximum atomic E-state index is 12.3. The summed E-state index contributed by atoms with van der Waals surface area (Å²) in [7, 11) is 0. The first kappa shape index (κ1) is 22.1. The Morgan fingerprint density at radius 1 is 1.10 bits per heavy atom. The van der Waals surface area contributed by atoms with Crippen LogP contribution in [-0.4, -0.2) is 36.4 Å². The van der Waals surface area contributed by atoms with Crippen LogP contribution in [0.4, 0.5) is 11.4 Å². The molecule has 0 saturated carbocycles. The fourth-order valence-electron chi connectivity index (χ4n) is 3.28. The van der Waals surface area contributed by atoms with Gasteiger partial charge in [-0.05, 0) is 49.1 Å². The van der Waals surface area contributed by atoms with Gasteiger partial charge in [-0.3, -0.25) is 14.9 Å². The van der Waals surface area contributed by atoms with Crippen molar-refractivity contribution in [3.8, 4) is 0 Å². The van der Waals surface area contributed by atoms with Crippen molar-refractivity contribution in [3.05, 3.63) is 67.7 Å². The Kier molecular flexibility index (Phi) is 6.95. The molecule has 30 heavy (non-hydrogen) atoms. The normalized spacial score (nSPS) is 14.4. The summed E-state index contributed by atoms with van der Waals surface area (Å²) in [4.78, 5) is 37.6. The van der Waals surface area contributed by atoms with Gasteiger partial charge >= 0.3 is 5.97 Å². The van der Waals surface area contributed by atoms with Crippen LogP contribution in [-0.2, 0) is 4.74 Å². The fraction of sp³-hybridized carbons (Fsp3) is 0.333. The zero-order valence-electron chi connectivity index (χ0n) is 16.3. The third-order valence-electron chi connectivity index (χ3n) is 5.11. The zero-order valence-corrected chi connectivity index (χ0v) is 17.8. The smallest absolute Gasteiger partial charge is 0.338 e. The third kappa shape index (κ3) is 5.09. The number of hydrogen-bond donors (Lipinski definition) is 0. The predicted octanol–water partition coefficient (Wildman–Crippen LogP) is 5.18. The van der Waals surface area contributed by atoms with Gasteiger partial charge in [0.25, 0.3) is 5.69 Å². The molecule has 0 atom stereocenters. The first-order valence-corrected chi connectivity index (χ1v) is 10.2. The zero-order chi connectivity index (χ0) is 21.8. The van der Waals surface area contributed by atoms with Gasteiger partial charge in [-0.25, -0.2) is 4.79 Å². The van der Waals surface area contributed by atoms with Crippen molar-refractivity contribution >= 4 is 46.3 Å². The second-order valence-corrected chi connectivity index (χ2v) is 8.07. The summed E-state index contributed by atoms with van der Waals surface area (Å²) in [5, 5.41) is 12.1. The number of Topliss-reactive ketones (excluding diaryl/α,β-unsaturated/α-hetero) is 1. The Morgan fingerprint density at radius 2 is 1.77 bits per heavy atom. The highest BCUT2D eigenvalue weighted by Gasteiger charge is 2.25. The Bertz CT molecular complexity index is 987. The number of carbonyl (C=O) groups excluding carboxylic acids is 2. The van der Waals surface area contributed by atoms with Gasteiger partial charge in [-0.2, -0.15) is 0 Å². The summed E-state index contributed by atoms with van der Waals surface area (Å²) in [6.07, 6.45) is 1.91.